The summed E-state index contributed by atoms with van der Waals surface area (Å²) >= 11 is 5.71. The predicted octanol–water partition coefficient (Wildman–Crippen LogP) is 1.97. The monoisotopic (exact) mass is 321 g/mol. The molecule has 0 aliphatic heterocycles. The number of nitro groups is 1. The van der Waals surface area contributed by atoms with Gasteiger partial charge in [0.15, 0.2) is 15.6 Å². The van der Waals surface area contributed by atoms with Crippen LogP contribution >= 0.6 is 11.6 Å². The Balaban J connectivity index is 3.04. The molecule has 0 bridgehead atoms. The molecule has 1 aromatic rings. The normalized spacial score (nSPS) is 11.4. The van der Waals surface area contributed by atoms with Crippen LogP contribution in [0.1, 0.15) is 13.8 Å². The second-order valence-corrected chi connectivity index (χ2v) is 6.53. The first-order valence-corrected chi connectivity index (χ1v) is 7.52. The lowest BCUT2D eigenvalue weighted by atomic mass is 10.3. The van der Waals surface area contributed by atoms with Gasteiger partial charge in [0.2, 0.25) is 0 Å². The summed E-state index contributed by atoms with van der Waals surface area (Å²) in [5.74, 6) is -1.78. The van der Waals surface area contributed by atoms with E-state index < -0.39 is 32.6 Å². The highest BCUT2D eigenvalue weighted by Crippen LogP contribution is 2.27. The van der Waals surface area contributed by atoms with Crippen molar-refractivity contribution in [1.82, 2.24) is 0 Å². The van der Waals surface area contributed by atoms with Crippen molar-refractivity contribution in [1.29, 1.82) is 0 Å². The number of hydrogen-bond acceptors (Lipinski definition) is 6. The quantitative estimate of drug-likeness (QED) is 0.466. The van der Waals surface area contributed by atoms with Crippen molar-refractivity contribution in [2.75, 3.05) is 5.75 Å². The number of hydrogen-bond donors (Lipinski definition) is 0. The summed E-state index contributed by atoms with van der Waals surface area (Å²) in [6.07, 6.45) is -0.440. The lowest BCUT2D eigenvalue weighted by Crippen LogP contribution is -2.21. The molecule has 20 heavy (non-hydrogen) atoms. The number of non-ortho nitro benzene ring substituents is 1. The van der Waals surface area contributed by atoms with E-state index in [-0.39, 0.29) is 15.6 Å². The van der Waals surface area contributed by atoms with Gasteiger partial charge in [-0.3, -0.25) is 14.9 Å². The van der Waals surface area contributed by atoms with Gasteiger partial charge in [0.25, 0.3) is 5.69 Å². The molecule has 0 fully saturated rings. The van der Waals surface area contributed by atoms with Crippen molar-refractivity contribution in [3.63, 3.8) is 0 Å². The molecule has 0 aliphatic carbocycles. The molecular weight excluding hydrogens is 310 g/mol. The highest BCUT2D eigenvalue weighted by Gasteiger charge is 2.25. The van der Waals surface area contributed by atoms with Crippen LogP contribution < -0.4 is 0 Å². The third-order valence-corrected chi connectivity index (χ3v) is 4.20. The van der Waals surface area contributed by atoms with Gasteiger partial charge in [0, 0.05) is 12.1 Å². The summed E-state index contributed by atoms with van der Waals surface area (Å²) in [4.78, 5) is 20.9. The molecule has 1 aromatic carbocycles. The second kappa shape index (κ2) is 6.19. The molecule has 0 saturated heterocycles. The number of esters is 1. The number of nitrogens with zero attached hydrogens (tertiary/aromatic N) is 1. The zero-order chi connectivity index (χ0) is 15.5. The van der Waals surface area contributed by atoms with Gasteiger partial charge in [0.1, 0.15) is 0 Å². The molecule has 7 nitrogen and oxygen atoms in total. The maximum absolute atomic E-state index is 12.0. The number of ether oxygens (including phenoxy) is 1. The molecule has 0 aliphatic rings. The minimum Gasteiger partial charge on any atom is -0.462 e. The topological polar surface area (TPSA) is 104 Å². The number of nitro benzene ring substituents is 1. The van der Waals surface area contributed by atoms with Gasteiger partial charge < -0.3 is 4.74 Å². The molecule has 0 atom stereocenters. The van der Waals surface area contributed by atoms with Crippen molar-refractivity contribution in [3.8, 4) is 0 Å². The number of rotatable bonds is 5. The van der Waals surface area contributed by atoms with Gasteiger partial charge in [-0.25, -0.2) is 8.42 Å². The lowest BCUT2D eigenvalue weighted by molar-refractivity contribution is -0.384. The number of halogens is 1. The van der Waals surface area contributed by atoms with Crippen LogP contribution in [0.25, 0.3) is 0 Å². The minimum absolute atomic E-state index is 0.309. The summed E-state index contributed by atoms with van der Waals surface area (Å²) < 4.78 is 28.7. The van der Waals surface area contributed by atoms with Crippen molar-refractivity contribution >= 4 is 33.1 Å². The zero-order valence-corrected chi connectivity index (χ0v) is 12.3. The van der Waals surface area contributed by atoms with Gasteiger partial charge in [-0.2, -0.15) is 0 Å². The van der Waals surface area contributed by atoms with E-state index in [0.29, 0.717) is 0 Å². The summed E-state index contributed by atoms with van der Waals surface area (Å²) in [6, 6.07) is 2.92. The van der Waals surface area contributed by atoms with Crippen molar-refractivity contribution < 1.29 is 22.9 Å². The van der Waals surface area contributed by atoms with E-state index in [2.05, 4.69) is 0 Å². The minimum atomic E-state index is -4.01. The number of carbonyl (C=O) groups is 1. The van der Waals surface area contributed by atoms with Crippen LogP contribution in [0.15, 0.2) is 23.1 Å². The molecule has 9 heteroatoms. The van der Waals surface area contributed by atoms with Gasteiger partial charge in [-0.1, -0.05) is 11.6 Å². The van der Waals surface area contributed by atoms with Crippen LogP contribution in [0, 0.1) is 10.1 Å². The third-order valence-electron chi connectivity index (χ3n) is 2.14. The molecule has 0 unspecified atom stereocenters. The maximum atomic E-state index is 12.0. The Morgan fingerprint density at radius 2 is 2.05 bits per heavy atom. The molecule has 0 radical (unpaired) electrons. The van der Waals surface area contributed by atoms with E-state index in [1.54, 1.807) is 13.8 Å². The Labute approximate surface area is 120 Å². The summed E-state index contributed by atoms with van der Waals surface area (Å²) in [6.45, 7) is 3.17. The number of benzene rings is 1. The Hall–Kier alpha value is -1.67. The van der Waals surface area contributed by atoms with Crippen LogP contribution in [-0.2, 0) is 19.4 Å². The molecule has 110 valence electrons. The van der Waals surface area contributed by atoms with Crippen molar-refractivity contribution in [2.45, 2.75) is 24.8 Å². The Bertz CT molecular complexity index is 640. The van der Waals surface area contributed by atoms with E-state index in [4.69, 9.17) is 16.3 Å². The molecule has 0 saturated carbocycles. The third kappa shape index (κ3) is 4.17. The van der Waals surface area contributed by atoms with Crippen LogP contribution in [-0.4, -0.2) is 31.2 Å². The molecule has 0 aromatic heterocycles. The maximum Gasteiger partial charge on any atom is 0.321 e. The Morgan fingerprint density at radius 3 is 2.50 bits per heavy atom. The molecular formula is C11H12ClNO6S. The van der Waals surface area contributed by atoms with Gasteiger partial charge in [0.05, 0.1) is 20.9 Å². The highest BCUT2D eigenvalue weighted by molar-refractivity contribution is 7.92. The van der Waals surface area contributed by atoms with E-state index in [1.165, 1.54) is 0 Å². The molecule has 0 N–H and O–H groups in total. The standard InChI is InChI=1S/C11H12ClNO6S/c1-7(2)19-11(14)6-20(17,18)10-4-3-8(13(15)16)5-9(10)12/h3-5,7H,6H2,1-2H3. The Morgan fingerprint density at radius 1 is 1.45 bits per heavy atom. The van der Waals surface area contributed by atoms with Crippen molar-refractivity contribution in [2.24, 2.45) is 0 Å². The first kappa shape index (κ1) is 16.4. The van der Waals surface area contributed by atoms with E-state index in [0.717, 1.165) is 18.2 Å². The average molecular weight is 322 g/mol. The van der Waals surface area contributed by atoms with Gasteiger partial charge in [-0.05, 0) is 19.9 Å². The van der Waals surface area contributed by atoms with Crippen LogP contribution in [0.2, 0.25) is 5.02 Å². The molecule has 0 heterocycles. The van der Waals surface area contributed by atoms with E-state index >= 15 is 0 Å². The molecule has 0 spiro atoms. The first-order chi connectivity index (χ1) is 9.13. The largest absolute Gasteiger partial charge is 0.462 e. The first-order valence-electron chi connectivity index (χ1n) is 5.49. The van der Waals surface area contributed by atoms with Gasteiger partial charge >= 0.3 is 5.97 Å². The van der Waals surface area contributed by atoms with Crippen LogP contribution in [0.4, 0.5) is 5.69 Å². The number of sulfone groups is 1. The SMILES string of the molecule is CC(C)OC(=O)CS(=O)(=O)c1ccc([N+](=O)[O-])cc1Cl. The van der Waals surface area contributed by atoms with Crippen LogP contribution in [0.3, 0.4) is 0 Å². The number of carbonyl (C=O) groups excluding carboxylic acids is 1. The van der Waals surface area contributed by atoms with Crippen molar-refractivity contribution in [3.05, 3.63) is 33.3 Å². The van der Waals surface area contributed by atoms with E-state index in [1.807, 2.05) is 0 Å². The van der Waals surface area contributed by atoms with Gasteiger partial charge in [-0.15, -0.1) is 0 Å². The highest BCUT2D eigenvalue weighted by atomic mass is 35.5. The fourth-order valence-corrected chi connectivity index (χ4v) is 3.08. The summed E-state index contributed by atoms with van der Waals surface area (Å²) in [7, 11) is -4.01. The summed E-state index contributed by atoms with van der Waals surface area (Å²) in [5.41, 5.74) is -0.335. The molecule has 1 rings (SSSR count). The fraction of sp³-hybridized carbons (Fsp3) is 0.364. The lowest BCUT2D eigenvalue weighted by Gasteiger charge is -2.09. The Kier molecular flexibility index (Phi) is 5.07. The zero-order valence-electron chi connectivity index (χ0n) is 10.7. The fourth-order valence-electron chi connectivity index (χ4n) is 1.39. The smallest absolute Gasteiger partial charge is 0.321 e. The average Bonchev–Trinajstić information content (AvgIpc) is 2.25. The predicted molar refractivity (Wildman–Crippen MR) is 71.4 cm³/mol. The summed E-state index contributed by atoms with van der Waals surface area (Å²) in [5, 5.41) is 10.2. The van der Waals surface area contributed by atoms with Crippen LogP contribution in [0.5, 0.6) is 0 Å². The van der Waals surface area contributed by atoms with E-state index in [9.17, 15) is 23.3 Å². The second-order valence-electron chi connectivity index (χ2n) is 4.17. The molecule has 0 amide bonds.